The van der Waals surface area contributed by atoms with Gasteiger partial charge in [0.05, 0.1) is 30.5 Å². The second-order valence-corrected chi connectivity index (χ2v) is 9.52. The molecule has 37 heavy (non-hydrogen) atoms. The van der Waals surface area contributed by atoms with Crippen LogP contribution in [0.3, 0.4) is 0 Å². The fourth-order valence-electron chi connectivity index (χ4n) is 5.08. The number of methoxy groups -OCH3 is 1. The molecule has 1 aliphatic rings. The van der Waals surface area contributed by atoms with Gasteiger partial charge in [0.15, 0.2) is 5.11 Å². The second-order valence-electron chi connectivity index (χ2n) is 9.13. The van der Waals surface area contributed by atoms with Crippen LogP contribution in [-0.4, -0.2) is 27.7 Å². The molecule has 2 aromatic heterocycles. The van der Waals surface area contributed by atoms with Crippen molar-refractivity contribution in [3.63, 3.8) is 0 Å². The number of aryl methyl sites for hydroxylation is 2. The number of hydrogen-bond acceptors (Lipinski definition) is 4. The SMILES string of the molecule is COC(=O)c1ccc(-n2c(C)cc([C@@H]3[C@@H](c4ccccn4)NC(=S)N3c3ccc(F)c(C)c3)c2C)cc1. The van der Waals surface area contributed by atoms with Gasteiger partial charge in [0.25, 0.3) is 0 Å². The van der Waals surface area contributed by atoms with Gasteiger partial charge in [-0.3, -0.25) is 4.98 Å². The largest absolute Gasteiger partial charge is 0.465 e. The molecule has 4 aromatic rings. The lowest BCUT2D eigenvalue weighted by Crippen LogP contribution is -2.29. The number of carbonyl (C=O) groups excluding carboxylic acids is 1. The number of ether oxygens (including phenoxy) is 1. The fourth-order valence-corrected chi connectivity index (χ4v) is 5.42. The smallest absolute Gasteiger partial charge is 0.337 e. The quantitative estimate of drug-likeness (QED) is 0.264. The molecule has 2 aromatic carbocycles. The fraction of sp³-hybridized carbons (Fsp3) is 0.207. The van der Waals surface area contributed by atoms with E-state index in [0.29, 0.717) is 16.2 Å². The average molecular weight is 515 g/mol. The zero-order chi connectivity index (χ0) is 26.3. The Morgan fingerprint density at radius 3 is 2.41 bits per heavy atom. The summed E-state index contributed by atoms with van der Waals surface area (Å²) in [5, 5.41) is 4.02. The molecule has 3 heterocycles. The first kappa shape index (κ1) is 24.6. The number of benzene rings is 2. The zero-order valence-corrected chi connectivity index (χ0v) is 21.8. The van der Waals surface area contributed by atoms with E-state index in [1.165, 1.54) is 13.2 Å². The molecule has 8 heteroatoms. The summed E-state index contributed by atoms with van der Waals surface area (Å²) >= 11 is 5.82. The van der Waals surface area contributed by atoms with Gasteiger partial charge in [0, 0.05) is 29.0 Å². The van der Waals surface area contributed by atoms with E-state index in [1.807, 2.05) is 48.2 Å². The highest BCUT2D eigenvalue weighted by atomic mass is 32.1. The second kappa shape index (κ2) is 9.78. The minimum atomic E-state index is -0.373. The number of thiocarbonyl (C=S) groups is 1. The van der Waals surface area contributed by atoms with Crippen molar-refractivity contribution in [2.45, 2.75) is 32.9 Å². The Hall–Kier alpha value is -4.04. The molecule has 0 amide bonds. The van der Waals surface area contributed by atoms with Gasteiger partial charge in [-0.15, -0.1) is 0 Å². The number of nitrogens with zero attached hydrogens (tertiary/aromatic N) is 3. The lowest BCUT2D eigenvalue weighted by atomic mass is 9.96. The highest BCUT2D eigenvalue weighted by molar-refractivity contribution is 7.80. The molecule has 2 atom stereocenters. The van der Waals surface area contributed by atoms with Gasteiger partial charge in [-0.25, -0.2) is 9.18 Å². The van der Waals surface area contributed by atoms with Crippen LogP contribution in [0.1, 0.15) is 50.7 Å². The number of esters is 1. The van der Waals surface area contributed by atoms with Gasteiger partial charge in [-0.1, -0.05) is 6.07 Å². The van der Waals surface area contributed by atoms with Gasteiger partial charge in [0.1, 0.15) is 5.82 Å². The van der Waals surface area contributed by atoms with Crippen LogP contribution in [0.25, 0.3) is 5.69 Å². The summed E-state index contributed by atoms with van der Waals surface area (Å²) in [6.07, 6.45) is 1.77. The number of carbonyl (C=O) groups is 1. The van der Waals surface area contributed by atoms with Crippen LogP contribution in [0.5, 0.6) is 0 Å². The number of halogens is 1. The molecule has 0 bridgehead atoms. The Bertz CT molecular complexity index is 1480. The van der Waals surface area contributed by atoms with Crippen molar-refractivity contribution in [2.24, 2.45) is 0 Å². The Kier molecular flexibility index (Phi) is 6.52. The Morgan fingerprint density at radius 2 is 1.76 bits per heavy atom. The van der Waals surface area contributed by atoms with Crippen LogP contribution in [0.2, 0.25) is 0 Å². The van der Waals surface area contributed by atoms with Crippen molar-refractivity contribution in [3.8, 4) is 5.69 Å². The first-order valence-corrected chi connectivity index (χ1v) is 12.4. The number of rotatable bonds is 5. The van der Waals surface area contributed by atoms with Crippen LogP contribution >= 0.6 is 12.2 Å². The Labute approximate surface area is 220 Å². The number of aromatic nitrogens is 2. The Morgan fingerprint density at radius 1 is 1.03 bits per heavy atom. The maximum Gasteiger partial charge on any atom is 0.337 e. The van der Waals surface area contributed by atoms with Crippen LogP contribution in [-0.2, 0) is 4.74 Å². The molecular weight excluding hydrogens is 487 g/mol. The van der Waals surface area contributed by atoms with Crippen LogP contribution in [0.4, 0.5) is 10.1 Å². The minimum absolute atomic E-state index is 0.213. The minimum Gasteiger partial charge on any atom is -0.465 e. The van der Waals surface area contributed by atoms with E-state index in [0.717, 1.165) is 34.0 Å². The summed E-state index contributed by atoms with van der Waals surface area (Å²) in [5.74, 6) is -0.629. The predicted molar refractivity (Wildman–Crippen MR) is 146 cm³/mol. The van der Waals surface area contributed by atoms with E-state index in [1.54, 1.807) is 31.3 Å². The molecule has 0 unspecified atom stereocenters. The first-order valence-electron chi connectivity index (χ1n) is 11.9. The Balaban J connectivity index is 1.64. The highest BCUT2D eigenvalue weighted by Crippen LogP contribution is 2.44. The number of hydrogen-bond donors (Lipinski definition) is 1. The highest BCUT2D eigenvalue weighted by Gasteiger charge is 2.42. The molecule has 0 aliphatic carbocycles. The first-order chi connectivity index (χ1) is 17.8. The lowest BCUT2D eigenvalue weighted by Gasteiger charge is -2.28. The maximum absolute atomic E-state index is 14.1. The number of nitrogens with one attached hydrogen (secondary N) is 1. The molecular formula is C29H27FN4O2S. The normalized spacial score (nSPS) is 17.1. The summed E-state index contributed by atoms with van der Waals surface area (Å²) in [4.78, 5) is 18.6. The third-order valence-electron chi connectivity index (χ3n) is 6.85. The number of pyridine rings is 1. The van der Waals surface area contributed by atoms with Crippen molar-refractivity contribution in [1.82, 2.24) is 14.9 Å². The van der Waals surface area contributed by atoms with Crippen molar-refractivity contribution in [3.05, 3.63) is 113 Å². The van der Waals surface area contributed by atoms with E-state index in [2.05, 4.69) is 27.9 Å². The molecule has 1 aliphatic heterocycles. The van der Waals surface area contributed by atoms with E-state index < -0.39 is 0 Å². The summed E-state index contributed by atoms with van der Waals surface area (Å²) in [6.45, 7) is 5.87. The van der Waals surface area contributed by atoms with Crippen molar-refractivity contribution in [2.75, 3.05) is 12.0 Å². The summed E-state index contributed by atoms with van der Waals surface area (Å²) in [7, 11) is 1.37. The third-order valence-corrected chi connectivity index (χ3v) is 7.17. The lowest BCUT2D eigenvalue weighted by molar-refractivity contribution is 0.0600. The molecule has 1 N–H and O–H groups in total. The average Bonchev–Trinajstić information content (AvgIpc) is 3.40. The van der Waals surface area contributed by atoms with Gasteiger partial charge < -0.3 is 19.5 Å². The molecule has 6 nitrogen and oxygen atoms in total. The summed E-state index contributed by atoms with van der Waals surface area (Å²) in [6, 6.07) is 19.9. The van der Waals surface area contributed by atoms with Crippen molar-refractivity contribution < 1.29 is 13.9 Å². The van der Waals surface area contributed by atoms with Crippen LogP contribution in [0.15, 0.2) is 72.9 Å². The van der Waals surface area contributed by atoms with E-state index in [-0.39, 0.29) is 23.9 Å². The number of anilines is 1. The van der Waals surface area contributed by atoms with Crippen LogP contribution in [0, 0.1) is 26.6 Å². The monoisotopic (exact) mass is 514 g/mol. The van der Waals surface area contributed by atoms with E-state index in [9.17, 15) is 9.18 Å². The summed E-state index contributed by atoms with van der Waals surface area (Å²) in [5.41, 5.74) is 6.79. The predicted octanol–water partition coefficient (Wildman–Crippen LogP) is 5.90. The molecule has 5 rings (SSSR count). The van der Waals surface area contributed by atoms with E-state index >= 15 is 0 Å². The molecule has 188 valence electrons. The molecule has 0 radical (unpaired) electrons. The van der Waals surface area contributed by atoms with E-state index in [4.69, 9.17) is 17.0 Å². The van der Waals surface area contributed by atoms with Gasteiger partial charge in [-0.2, -0.15) is 0 Å². The summed E-state index contributed by atoms with van der Waals surface area (Å²) < 4.78 is 21.1. The topological polar surface area (TPSA) is 59.4 Å². The third kappa shape index (κ3) is 4.38. The standard InChI is InChI=1S/C29H27FN4O2S/c1-17-15-22(12-13-24(17)30)34-27(26(32-29(34)37)25-7-5-6-14-31-25)23-16-18(2)33(19(23)3)21-10-8-20(9-11-21)28(35)36-4/h5-16,26-27H,1-4H3,(H,32,37)/t26-,27-/m1/s1. The molecule has 1 fully saturated rings. The van der Waals surface area contributed by atoms with Crippen molar-refractivity contribution >= 4 is 29.0 Å². The molecule has 0 saturated carbocycles. The maximum atomic E-state index is 14.1. The van der Waals surface area contributed by atoms with Gasteiger partial charge in [-0.05, 0) is 105 Å². The zero-order valence-electron chi connectivity index (χ0n) is 21.0. The van der Waals surface area contributed by atoms with Crippen LogP contribution < -0.4 is 10.2 Å². The van der Waals surface area contributed by atoms with Gasteiger partial charge in [0.2, 0.25) is 0 Å². The van der Waals surface area contributed by atoms with Gasteiger partial charge >= 0.3 is 5.97 Å². The molecule has 1 saturated heterocycles. The molecule has 0 spiro atoms. The van der Waals surface area contributed by atoms with Crippen molar-refractivity contribution in [1.29, 1.82) is 0 Å².